The van der Waals surface area contributed by atoms with Gasteiger partial charge in [0.1, 0.15) is 0 Å². The quantitative estimate of drug-likeness (QED) is 0.868. The lowest BCUT2D eigenvalue weighted by molar-refractivity contribution is -0.153. The zero-order valence-electron chi connectivity index (χ0n) is 14.0. The summed E-state index contributed by atoms with van der Waals surface area (Å²) in [5.41, 5.74) is 0. The molecule has 0 aromatic heterocycles. The van der Waals surface area contributed by atoms with Crippen LogP contribution < -0.4 is 5.32 Å². The lowest BCUT2D eigenvalue weighted by atomic mass is 9.82. The number of carbonyl (C=O) groups is 1. The normalized spacial score (nSPS) is 31.8. The first-order valence-electron chi connectivity index (χ1n) is 8.86. The number of fused-ring (bicyclic) bond motifs is 1. The molecule has 0 aromatic carbocycles. The van der Waals surface area contributed by atoms with E-state index in [0.29, 0.717) is 25.7 Å². The molecule has 2 amide bonds. The van der Waals surface area contributed by atoms with E-state index in [0.717, 1.165) is 31.3 Å². The minimum Gasteiger partial charge on any atom is -0.348 e. The lowest BCUT2D eigenvalue weighted by Crippen LogP contribution is -2.41. The van der Waals surface area contributed by atoms with E-state index in [1.807, 2.05) is 11.8 Å². The van der Waals surface area contributed by atoms with Crippen LogP contribution in [-0.2, 0) is 9.47 Å². The van der Waals surface area contributed by atoms with E-state index in [1.165, 1.54) is 25.7 Å². The van der Waals surface area contributed by atoms with Crippen molar-refractivity contribution in [1.29, 1.82) is 0 Å². The molecule has 1 saturated carbocycles. The van der Waals surface area contributed by atoms with Crippen molar-refractivity contribution in [3.05, 3.63) is 0 Å². The van der Waals surface area contributed by atoms with E-state index in [-0.39, 0.29) is 6.03 Å². The molecule has 5 nitrogen and oxygen atoms in total. The van der Waals surface area contributed by atoms with Crippen LogP contribution in [0.1, 0.15) is 46.0 Å². The lowest BCUT2D eigenvalue weighted by Gasteiger charge is -2.26. The van der Waals surface area contributed by atoms with Gasteiger partial charge >= 0.3 is 6.03 Å². The first-order chi connectivity index (χ1) is 10.6. The second kappa shape index (κ2) is 6.75. The van der Waals surface area contributed by atoms with Gasteiger partial charge in [0.2, 0.25) is 0 Å². The Morgan fingerprint density at radius 2 is 1.82 bits per heavy atom. The molecule has 3 rings (SSSR count). The largest absolute Gasteiger partial charge is 0.348 e. The van der Waals surface area contributed by atoms with Gasteiger partial charge < -0.3 is 19.7 Å². The summed E-state index contributed by atoms with van der Waals surface area (Å²) in [5.74, 6) is 1.37. The summed E-state index contributed by atoms with van der Waals surface area (Å²) in [7, 11) is 0. The van der Waals surface area contributed by atoms with Crippen LogP contribution in [0.5, 0.6) is 0 Å². The van der Waals surface area contributed by atoms with Crippen molar-refractivity contribution >= 4 is 6.03 Å². The van der Waals surface area contributed by atoms with Gasteiger partial charge in [-0.05, 0) is 37.5 Å². The summed E-state index contributed by atoms with van der Waals surface area (Å²) < 4.78 is 11.3. The van der Waals surface area contributed by atoms with Gasteiger partial charge in [0.05, 0.1) is 13.2 Å². The zero-order valence-corrected chi connectivity index (χ0v) is 14.0. The molecule has 0 spiro atoms. The third kappa shape index (κ3) is 3.74. The van der Waals surface area contributed by atoms with Crippen molar-refractivity contribution in [1.82, 2.24) is 10.2 Å². The van der Waals surface area contributed by atoms with Gasteiger partial charge in [-0.1, -0.05) is 19.8 Å². The molecular formula is C17H30N2O3. The predicted molar refractivity (Wildman–Crippen MR) is 84.5 cm³/mol. The molecule has 0 aromatic rings. The number of likely N-dealkylation sites (tertiary alicyclic amines) is 1. The monoisotopic (exact) mass is 310 g/mol. The minimum atomic E-state index is -0.466. The first kappa shape index (κ1) is 16.1. The molecule has 3 fully saturated rings. The molecule has 2 aliphatic heterocycles. The van der Waals surface area contributed by atoms with E-state index in [4.69, 9.17) is 9.47 Å². The molecule has 0 radical (unpaired) electrons. The van der Waals surface area contributed by atoms with Crippen molar-refractivity contribution in [3.8, 4) is 0 Å². The highest BCUT2D eigenvalue weighted by Gasteiger charge is 2.37. The Bertz CT molecular complexity index is 381. The van der Waals surface area contributed by atoms with Crippen LogP contribution in [0.3, 0.4) is 0 Å². The average molecular weight is 310 g/mol. The Morgan fingerprint density at radius 3 is 2.41 bits per heavy atom. The smallest absolute Gasteiger partial charge is 0.317 e. The molecule has 126 valence electrons. The maximum absolute atomic E-state index is 12.4. The fourth-order valence-electron chi connectivity index (χ4n) is 4.32. The highest BCUT2D eigenvalue weighted by Crippen LogP contribution is 2.36. The van der Waals surface area contributed by atoms with E-state index in [9.17, 15) is 4.79 Å². The van der Waals surface area contributed by atoms with Gasteiger partial charge in [-0.15, -0.1) is 0 Å². The van der Waals surface area contributed by atoms with Crippen LogP contribution >= 0.6 is 0 Å². The topological polar surface area (TPSA) is 50.8 Å². The van der Waals surface area contributed by atoms with Gasteiger partial charge in [0.25, 0.3) is 0 Å². The third-order valence-corrected chi connectivity index (χ3v) is 5.48. The van der Waals surface area contributed by atoms with Crippen molar-refractivity contribution in [2.75, 3.05) is 32.8 Å². The Hall–Kier alpha value is -0.810. The van der Waals surface area contributed by atoms with E-state index >= 15 is 0 Å². The number of ether oxygens (including phenoxy) is 2. The Labute approximate surface area is 133 Å². The Morgan fingerprint density at radius 1 is 1.23 bits per heavy atom. The molecule has 1 N–H and O–H groups in total. The number of nitrogens with one attached hydrogen (secondary N) is 1. The van der Waals surface area contributed by atoms with Gasteiger partial charge in [-0.2, -0.15) is 0 Å². The SMILES string of the molecule is C[C@H](CNC(=O)N1C[C@H]2CCCC[C@@H]2C1)CC1(C)OCCO1. The number of urea groups is 1. The van der Waals surface area contributed by atoms with E-state index < -0.39 is 5.79 Å². The first-order valence-corrected chi connectivity index (χ1v) is 8.86. The molecule has 0 unspecified atom stereocenters. The van der Waals surface area contributed by atoms with Crippen LogP contribution in [0.25, 0.3) is 0 Å². The van der Waals surface area contributed by atoms with E-state index in [1.54, 1.807) is 0 Å². The van der Waals surface area contributed by atoms with E-state index in [2.05, 4.69) is 12.2 Å². The van der Waals surface area contributed by atoms with Gasteiger partial charge in [0.15, 0.2) is 5.79 Å². The summed E-state index contributed by atoms with van der Waals surface area (Å²) in [4.78, 5) is 14.4. The van der Waals surface area contributed by atoms with Crippen LogP contribution in [0.15, 0.2) is 0 Å². The predicted octanol–water partition coefficient (Wildman–Crippen LogP) is 2.61. The summed E-state index contributed by atoms with van der Waals surface area (Å²) in [5, 5.41) is 3.10. The zero-order chi connectivity index (χ0) is 15.6. The maximum Gasteiger partial charge on any atom is 0.317 e. The van der Waals surface area contributed by atoms with Crippen LogP contribution in [-0.4, -0.2) is 49.6 Å². The molecule has 2 heterocycles. The molecule has 3 atom stereocenters. The molecule has 1 aliphatic carbocycles. The molecule has 22 heavy (non-hydrogen) atoms. The van der Waals surface area contributed by atoms with Crippen molar-refractivity contribution < 1.29 is 14.3 Å². The summed E-state index contributed by atoms with van der Waals surface area (Å²) >= 11 is 0. The van der Waals surface area contributed by atoms with Gasteiger partial charge in [-0.25, -0.2) is 4.79 Å². The minimum absolute atomic E-state index is 0.111. The second-order valence-corrected chi connectivity index (χ2v) is 7.54. The maximum atomic E-state index is 12.4. The summed E-state index contributed by atoms with van der Waals surface area (Å²) in [6.45, 7) is 8.07. The number of amides is 2. The van der Waals surface area contributed by atoms with Crippen LogP contribution in [0, 0.1) is 17.8 Å². The fraction of sp³-hybridized carbons (Fsp3) is 0.941. The van der Waals surface area contributed by atoms with Crippen molar-refractivity contribution in [3.63, 3.8) is 0 Å². The standard InChI is InChI=1S/C17H30N2O3/c1-13(9-17(2)21-7-8-22-17)10-18-16(20)19-11-14-5-3-4-6-15(14)12-19/h13-15H,3-12H2,1-2H3,(H,18,20)/t13-,14+,15+/m0/s1. The van der Waals surface area contributed by atoms with Gasteiger partial charge in [0, 0.05) is 26.1 Å². The molecule has 3 aliphatic rings. The van der Waals surface area contributed by atoms with Gasteiger partial charge in [-0.3, -0.25) is 0 Å². The highest BCUT2D eigenvalue weighted by molar-refractivity contribution is 5.74. The number of nitrogens with zero attached hydrogens (tertiary/aromatic N) is 1. The van der Waals surface area contributed by atoms with Crippen molar-refractivity contribution in [2.24, 2.45) is 17.8 Å². The van der Waals surface area contributed by atoms with Crippen molar-refractivity contribution in [2.45, 2.75) is 51.7 Å². The van der Waals surface area contributed by atoms with Crippen LogP contribution in [0.2, 0.25) is 0 Å². The number of carbonyl (C=O) groups excluding carboxylic acids is 1. The fourth-order valence-corrected chi connectivity index (χ4v) is 4.32. The number of hydrogen-bond donors (Lipinski definition) is 1. The number of hydrogen-bond acceptors (Lipinski definition) is 3. The molecule has 2 saturated heterocycles. The second-order valence-electron chi connectivity index (χ2n) is 7.54. The molecule has 0 bridgehead atoms. The summed E-state index contributed by atoms with van der Waals surface area (Å²) in [6, 6.07) is 0.111. The van der Waals surface area contributed by atoms with Crippen LogP contribution in [0.4, 0.5) is 4.79 Å². The summed E-state index contributed by atoms with van der Waals surface area (Å²) in [6.07, 6.45) is 6.10. The average Bonchev–Trinajstić information content (AvgIpc) is 3.10. The number of rotatable bonds is 4. The molecule has 5 heteroatoms. The highest BCUT2D eigenvalue weighted by atomic mass is 16.7. The molecular weight excluding hydrogens is 280 g/mol. The third-order valence-electron chi connectivity index (χ3n) is 5.48. The Balaban J connectivity index is 1.40. The Kier molecular flexibility index (Phi) is 4.93.